The van der Waals surface area contributed by atoms with Crippen molar-refractivity contribution in [1.29, 1.82) is 0 Å². The Morgan fingerprint density at radius 2 is 2.30 bits per heavy atom. The van der Waals surface area contributed by atoms with E-state index in [4.69, 9.17) is 4.74 Å². The highest BCUT2D eigenvalue weighted by atomic mass is 16.5. The Kier molecular flexibility index (Phi) is 4.65. The van der Waals surface area contributed by atoms with Crippen molar-refractivity contribution in [3.8, 4) is 5.75 Å². The Balaban J connectivity index is 1.97. The first-order valence-electron chi connectivity index (χ1n) is 6.43. The van der Waals surface area contributed by atoms with E-state index in [2.05, 4.69) is 27.8 Å². The van der Waals surface area contributed by atoms with Crippen molar-refractivity contribution in [3.63, 3.8) is 0 Å². The Morgan fingerprint density at radius 1 is 1.45 bits per heavy atom. The summed E-state index contributed by atoms with van der Waals surface area (Å²) in [7, 11) is 0. The molecule has 0 spiro atoms. The summed E-state index contributed by atoms with van der Waals surface area (Å²) in [6.07, 6.45) is 2.36. The van der Waals surface area contributed by atoms with Crippen molar-refractivity contribution < 1.29 is 9.53 Å². The van der Waals surface area contributed by atoms with Crippen LogP contribution in [0.25, 0.3) is 0 Å². The van der Waals surface area contributed by atoms with Gasteiger partial charge in [-0.25, -0.2) is 4.68 Å². The fraction of sp³-hybridized carbons (Fsp3) is 0.385. The van der Waals surface area contributed by atoms with E-state index in [0.717, 1.165) is 23.4 Å². The minimum atomic E-state index is -0.178. The van der Waals surface area contributed by atoms with E-state index in [1.165, 1.54) is 11.0 Å². The van der Waals surface area contributed by atoms with Gasteiger partial charge in [-0.3, -0.25) is 4.79 Å². The molecule has 7 nitrogen and oxygen atoms in total. The van der Waals surface area contributed by atoms with Gasteiger partial charge >= 0.3 is 0 Å². The lowest BCUT2D eigenvalue weighted by molar-refractivity contribution is -0.116. The van der Waals surface area contributed by atoms with Gasteiger partial charge < -0.3 is 10.1 Å². The van der Waals surface area contributed by atoms with E-state index in [-0.39, 0.29) is 12.5 Å². The van der Waals surface area contributed by atoms with Crippen LogP contribution in [0.4, 0.5) is 5.69 Å². The smallest absolute Gasteiger partial charge is 0.246 e. The van der Waals surface area contributed by atoms with Gasteiger partial charge in [-0.05, 0) is 47.5 Å². The van der Waals surface area contributed by atoms with Crippen molar-refractivity contribution in [2.24, 2.45) is 0 Å². The van der Waals surface area contributed by atoms with Crippen molar-refractivity contribution in [1.82, 2.24) is 20.2 Å². The molecule has 0 atom stereocenters. The van der Waals surface area contributed by atoms with Crippen LogP contribution >= 0.6 is 0 Å². The topological polar surface area (TPSA) is 81.9 Å². The Bertz CT molecular complexity index is 568. The summed E-state index contributed by atoms with van der Waals surface area (Å²) in [5.74, 6) is 0.630. The number of benzene rings is 1. The third-order valence-corrected chi connectivity index (χ3v) is 2.64. The number of aryl methyl sites for hydroxylation is 1. The van der Waals surface area contributed by atoms with Crippen LogP contribution in [0.15, 0.2) is 24.5 Å². The molecule has 0 aliphatic rings. The number of tetrazole rings is 1. The number of anilines is 1. The van der Waals surface area contributed by atoms with Crippen molar-refractivity contribution in [2.75, 3.05) is 11.9 Å². The highest BCUT2D eigenvalue weighted by molar-refractivity contribution is 5.91. The number of amides is 1. The fourth-order valence-corrected chi connectivity index (χ4v) is 1.68. The molecule has 1 aromatic heterocycles. The number of nitrogens with zero attached hydrogens (tertiary/aromatic N) is 4. The van der Waals surface area contributed by atoms with Crippen LogP contribution in [0.5, 0.6) is 5.75 Å². The van der Waals surface area contributed by atoms with E-state index in [1.54, 1.807) is 0 Å². The second-order valence-corrected chi connectivity index (χ2v) is 4.38. The van der Waals surface area contributed by atoms with E-state index >= 15 is 0 Å². The zero-order chi connectivity index (χ0) is 14.4. The fourth-order valence-electron chi connectivity index (χ4n) is 1.68. The number of rotatable bonds is 6. The summed E-state index contributed by atoms with van der Waals surface area (Å²) in [6, 6.07) is 5.58. The average Bonchev–Trinajstić information content (AvgIpc) is 2.92. The lowest BCUT2D eigenvalue weighted by Gasteiger charge is -2.10. The molecule has 1 N–H and O–H groups in total. The molecule has 2 aromatic rings. The molecule has 106 valence electrons. The number of carbonyl (C=O) groups excluding carboxylic acids is 1. The summed E-state index contributed by atoms with van der Waals surface area (Å²) >= 11 is 0. The van der Waals surface area contributed by atoms with Crippen LogP contribution in [0, 0.1) is 6.92 Å². The van der Waals surface area contributed by atoms with Gasteiger partial charge in [0.25, 0.3) is 0 Å². The van der Waals surface area contributed by atoms with Gasteiger partial charge in [-0.15, -0.1) is 5.10 Å². The van der Waals surface area contributed by atoms with Crippen molar-refractivity contribution in [3.05, 3.63) is 30.1 Å². The molecule has 0 aliphatic heterocycles. The minimum Gasteiger partial charge on any atom is -0.494 e. The first kappa shape index (κ1) is 14.0. The summed E-state index contributed by atoms with van der Waals surface area (Å²) in [4.78, 5) is 11.8. The third-order valence-electron chi connectivity index (χ3n) is 2.64. The maximum atomic E-state index is 11.8. The van der Waals surface area contributed by atoms with E-state index in [1.807, 2.05) is 25.1 Å². The molecule has 0 aliphatic carbocycles. The van der Waals surface area contributed by atoms with Crippen LogP contribution in [0.2, 0.25) is 0 Å². The molecule has 20 heavy (non-hydrogen) atoms. The molecule has 7 heteroatoms. The number of carbonyl (C=O) groups is 1. The maximum Gasteiger partial charge on any atom is 0.246 e. The maximum absolute atomic E-state index is 11.8. The van der Waals surface area contributed by atoms with Crippen LogP contribution in [-0.4, -0.2) is 32.7 Å². The second kappa shape index (κ2) is 6.65. The average molecular weight is 275 g/mol. The zero-order valence-electron chi connectivity index (χ0n) is 11.5. The number of ether oxygens (including phenoxy) is 1. The molecule has 1 heterocycles. The van der Waals surface area contributed by atoms with Crippen LogP contribution in [0.3, 0.4) is 0 Å². The SMILES string of the molecule is CCCOc1ccc(NC(=O)Cn2cnnn2)c(C)c1. The molecule has 1 amide bonds. The van der Waals surface area contributed by atoms with Gasteiger partial charge in [0.1, 0.15) is 18.6 Å². The first-order chi connectivity index (χ1) is 9.69. The lowest BCUT2D eigenvalue weighted by Crippen LogP contribution is -2.19. The predicted octanol–water partition coefficient (Wildman–Crippen LogP) is 1.41. The molecule has 0 unspecified atom stereocenters. The lowest BCUT2D eigenvalue weighted by atomic mass is 10.2. The predicted molar refractivity (Wildman–Crippen MR) is 73.4 cm³/mol. The molecule has 0 fully saturated rings. The molecule has 0 saturated carbocycles. The van der Waals surface area contributed by atoms with E-state index in [9.17, 15) is 4.79 Å². The van der Waals surface area contributed by atoms with E-state index in [0.29, 0.717) is 6.61 Å². The highest BCUT2D eigenvalue weighted by Gasteiger charge is 2.07. The minimum absolute atomic E-state index is 0.0839. The molecule has 0 bridgehead atoms. The summed E-state index contributed by atoms with van der Waals surface area (Å²) in [5.41, 5.74) is 1.70. The standard InChI is InChI=1S/C13H17N5O2/c1-3-6-20-11-4-5-12(10(2)7-11)15-13(19)8-18-9-14-16-17-18/h4-5,7,9H,3,6,8H2,1-2H3,(H,15,19). The third kappa shape index (κ3) is 3.78. The molecule has 0 saturated heterocycles. The van der Waals surface area contributed by atoms with Crippen LogP contribution < -0.4 is 10.1 Å². The number of aromatic nitrogens is 4. The van der Waals surface area contributed by atoms with Crippen LogP contribution in [-0.2, 0) is 11.3 Å². The Morgan fingerprint density at radius 3 is 2.95 bits per heavy atom. The molecular weight excluding hydrogens is 258 g/mol. The van der Waals surface area contributed by atoms with Gasteiger partial charge in [0.05, 0.1) is 6.61 Å². The molecule has 1 aromatic carbocycles. The van der Waals surface area contributed by atoms with Crippen LogP contribution in [0.1, 0.15) is 18.9 Å². The zero-order valence-corrected chi connectivity index (χ0v) is 11.5. The summed E-state index contributed by atoms with van der Waals surface area (Å²) in [5, 5.41) is 13.4. The van der Waals surface area contributed by atoms with Gasteiger partial charge in [-0.2, -0.15) is 0 Å². The van der Waals surface area contributed by atoms with Gasteiger partial charge in [-0.1, -0.05) is 6.92 Å². The quantitative estimate of drug-likeness (QED) is 0.862. The summed E-state index contributed by atoms with van der Waals surface area (Å²) < 4.78 is 6.90. The Labute approximate surface area is 116 Å². The molecule has 2 rings (SSSR count). The second-order valence-electron chi connectivity index (χ2n) is 4.38. The monoisotopic (exact) mass is 275 g/mol. The first-order valence-corrected chi connectivity index (χ1v) is 6.43. The highest BCUT2D eigenvalue weighted by Crippen LogP contribution is 2.21. The summed E-state index contributed by atoms with van der Waals surface area (Å²) in [6.45, 7) is 4.75. The van der Waals surface area contributed by atoms with Crippen molar-refractivity contribution >= 4 is 11.6 Å². The molecular formula is C13H17N5O2. The van der Waals surface area contributed by atoms with Gasteiger partial charge in [0.15, 0.2) is 0 Å². The van der Waals surface area contributed by atoms with Crippen molar-refractivity contribution in [2.45, 2.75) is 26.8 Å². The largest absolute Gasteiger partial charge is 0.494 e. The number of hydrogen-bond donors (Lipinski definition) is 1. The molecule has 0 radical (unpaired) electrons. The van der Waals surface area contributed by atoms with Gasteiger partial charge in [0.2, 0.25) is 5.91 Å². The Hall–Kier alpha value is -2.44. The van der Waals surface area contributed by atoms with Gasteiger partial charge in [0, 0.05) is 5.69 Å². The normalized spacial score (nSPS) is 10.3. The van der Waals surface area contributed by atoms with E-state index < -0.39 is 0 Å². The number of nitrogens with one attached hydrogen (secondary N) is 1. The number of hydrogen-bond acceptors (Lipinski definition) is 5.